The first kappa shape index (κ1) is 11.9. The van der Waals surface area contributed by atoms with Crippen molar-refractivity contribution in [2.75, 3.05) is 0 Å². The van der Waals surface area contributed by atoms with E-state index in [0.29, 0.717) is 5.15 Å². The largest absolute Gasteiger partial charge is 0.243 e. The van der Waals surface area contributed by atoms with Crippen LogP contribution >= 0.6 is 27.5 Å². The topological polar surface area (TPSA) is 12.9 Å². The third-order valence-corrected chi connectivity index (χ3v) is 3.59. The molecule has 0 aliphatic rings. The second-order valence-corrected chi connectivity index (χ2v) is 6.12. The lowest BCUT2D eigenvalue weighted by molar-refractivity contribution is 0.591. The summed E-state index contributed by atoms with van der Waals surface area (Å²) in [6, 6.07) is 6.35. The lowest BCUT2D eigenvalue weighted by Crippen LogP contribution is -2.10. The van der Waals surface area contributed by atoms with Crippen molar-refractivity contribution < 1.29 is 0 Å². The van der Waals surface area contributed by atoms with Gasteiger partial charge in [0, 0.05) is 21.4 Å². The zero-order chi connectivity index (χ0) is 11.9. The fourth-order valence-electron chi connectivity index (χ4n) is 1.64. The average Bonchev–Trinajstić information content (AvgIpc) is 2.22. The van der Waals surface area contributed by atoms with Gasteiger partial charge in [-0.05, 0) is 33.0 Å². The number of hydrogen-bond donors (Lipinski definition) is 0. The van der Waals surface area contributed by atoms with Crippen LogP contribution in [0.4, 0.5) is 0 Å². The first-order valence-corrected chi connectivity index (χ1v) is 6.31. The van der Waals surface area contributed by atoms with Gasteiger partial charge in [-0.15, -0.1) is 0 Å². The Labute approximate surface area is 109 Å². The van der Waals surface area contributed by atoms with Crippen LogP contribution in [0.2, 0.25) is 5.15 Å². The van der Waals surface area contributed by atoms with Gasteiger partial charge in [0.25, 0.3) is 0 Å². The van der Waals surface area contributed by atoms with Crippen molar-refractivity contribution in [1.29, 1.82) is 0 Å². The second-order valence-electron chi connectivity index (χ2n) is 4.91. The number of rotatable bonds is 0. The summed E-state index contributed by atoms with van der Waals surface area (Å²) in [6.07, 6.45) is 1.74. The second kappa shape index (κ2) is 4.01. The minimum atomic E-state index is 0.125. The fraction of sp³-hybridized carbons (Fsp3) is 0.308. The fourth-order valence-corrected chi connectivity index (χ4v) is 2.30. The van der Waals surface area contributed by atoms with Crippen molar-refractivity contribution in [3.63, 3.8) is 0 Å². The van der Waals surface area contributed by atoms with E-state index in [4.69, 9.17) is 11.6 Å². The maximum Gasteiger partial charge on any atom is 0.136 e. The Morgan fingerprint density at radius 1 is 1.19 bits per heavy atom. The Hall–Kier alpha value is -0.600. The van der Waals surface area contributed by atoms with Crippen molar-refractivity contribution in [2.24, 2.45) is 0 Å². The predicted molar refractivity (Wildman–Crippen MR) is 73.2 cm³/mol. The van der Waals surface area contributed by atoms with E-state index in [9.17, 15) is 0 Å². The molecule has 1 aromatic carbocycles. The standard InChI is InChI=1S/C13H13BrClN/c1-13(2,3)8-4-5-9-10(6-8)12(15)16-7-11(9)14/h4-7H,1-3H3. The highest BCUT2D eigenvalue weighted by Gasteiger charge is 2.15. The molecule has 3 heteroatoms. The summed E-state index contributed by atoms with van der Waals surface area (Å²) in [7, 11) is 0. The maximum atomic E-state index is 6.12. The van der Waals surface area contributed by atoms with Crippen molar-refractivity contribution >= 4 is 38.3 Å². The zero-order valence-corrected chi connectivity index (χ0v) is 11.9. The number of aromatic nitrogens is 1. The molecule has 0 unspecified atom stereocenters. The molecular formula is C13H13BrClN. The number of halogens is 2. The van der Waals surface area contributed by atoms with Gasteiger partial charge in [-0.2, -0.15) is 0 Å². The van der Waals surface area contributed by atoms with Gasteiger partial charge < -0.3 is 0 Å². The minimum Gasteiger partial charge on any atom is -0.243 e. The molecule has 84 valence electrons. The van der Waals surface area contributed by atoms with Crippen LogP contribution in [0.5, 0.6) is 0 Å². The summed E-state index contributed by atoms with van der Waals surface area (Å²) >= 11 is 9.60. The van der Waals surface area contributed by atoms with Crippen molar-refractivity contribution in [2.45, 2.75) is 26.2 Å². The maximum absolute atomic E-state index is 6.12. The first-order valence-electron chi connectivity index (χ1n) is 5.14. The van der Waals surface area contributed by atoms with Crippen LogP contribution in [-0.2, 0) is 5.41 Å². The van der Waals surface area contributed by atoms with Crippen molar-refractivity contribution in [1.82, 2.24) is 4.98 Å². The number of fused-ring (bicyclic) bond motifs is 1. The Bertz CT molecular complexity index is 543. The number of pyridine rings is 1. The Kier molecular flexibility index (Phi) is 2.97. The molecule has 0 aliphatic carbocycles. The van der Waals surface area contributed by atoms with Gasteiger partial charge in [-0.3, -0.25) is 0 Å². The molecule has 0 bridgehead atoms. The zero-order valence-electron chi connectivity index (χ0n) is 9.51. The third-order valence-electron chi connectivity index (χ3n) is 2.66. The van der Waals surface area contributed by atoms with Gasteiger partial charge in [-0.25, -0.2) is 4.98 Å². The lowest BCUT2D eigenvalue weighted by Gasteiger charge is -2.19. The molecule has 0 N–H and O–H groups in total. The number of benzene rings is 1. The van der Waals surface area contributed by atoms with Crippen LogP contribution < -0.4 is 0 Å². The lowest BCUT2D eigenvalue weighted by atomic mass is 9.86. The van der Waals surface area contributed by atoms with Crippen LogP contribution in [0.3, 0.4) is 0 Å². The van der Waals surface area contributed by atoms with Gasteiger partial charge in [0.2, 0.25) is 0 Å². The molecule has 0 aliphatic heterocycles. The third kappa shape index (κ3) is 2.09. The van der Waals surface area contributed by atoms with Crippen LogP contribution in [0.15, 0.2) is 28.9 Å². The van der Waals surface area contributed by atoms with E-state index in [1.807, 2.05) is 0 Å². The SMILES string of the molecule is CC(C)(C)c1ccc2c(Br)cnc(Cl)c2c1. The van der Waals surface area contributed by atoms with E-state index in [1.54, 1.807) is 6.20 Å². The molecule has 2 rings (SSSR count). The number of nitrogens with zero attached hydrogens (tertiary/aromatic N) is 1. The van der Waals surface area contributed by atoms with E-state index >= 15 is 0 Å². The summed E-state index contributed by atoms with van der Waals surface area (Å²) in [5.74, 6) is 0. The summed E-state index contributed by atoms with van der Waals surface area (Å²) in [4.78, 5) is 4.15. The highest BCUT2D eigenvalue weighted by molar-refractivity contribution is 9.10. The van der Waals surface area contributed by atoms with E-state index in [1.165, 1.54) is 5.56 Å². The number of hydrogen-bond acceptors (Lipinski definition) is 1. The summed E-state index contributed by atoms with van der Waals surface area (Å²) < 4.78 is 0.979. The molecule has 1 heterocycles. The molecule has 0 saturated carbocycles. The average molecular weight is 299 g/mol. The molecule has 16 heavy (non-hydrogen) atoms. The highest BCUT2D eigenvalue weighted by atomic mass is 79.9. The first-order chi connectivity index (χ1) is 7.39. The van der Waals surface area contributed by atoms with Crippen LogP contribution in [0.25, 0.3) is 10.8 Å². The van der Waals surface area contributed by atoms with Crippen molar-refractivity contribution in [3.05, 3.63) is 39.6 Å². The monoisotopic (exact) mass is 297 g/mol. The smallest absolute Gasteiger partial charge is 0.136 e. The van der Waals surface area contributed by atoms with E-state index in [0.717, 1.165) is 15.2 Å². The molecular weight excluding hydrogens is 286 g/mol. The molecule has 2 aromatic rings. The predicted octanol–water partition coefficient (Wildman–Crippen LogP) is 4.95. The molecule has 1 nitrogen and oxygen atoms in total. The Balaban J connectivity index is 2.76. The Morgan fingerprint density at radius 3 is 2.50 bits per heavy atom. The highest BCUT2D eigenvalue weighted by Crippen LogP contribution is 2.32. The van der Waals surface area contributed by atoms with Gasteiger partial charge in [0.05, 0.1) is 0 Å². The van der Waals surface area contributed by atoms with Crippen LogP contribution in [-0.4, -0.2) is 4.98 Å². The van der Waals surface area contributed by atoms with Crippen LogP contribution in [0, 0.1) is 0 Å². The van der Waals surface area contributed by atoms with Gasteiger partial charge in [0.1, 0.15) is 5.15 Å². The van der Waals surface area contributed by atoms with E-state index in [2.05, 4.69) is 59.9 Å². The molecule has 0 amide bonds. The van der Waals surface area contributed by atoms with Gasteiger partial charge in [0.15, 0.2) is 0 Å². The van der Waals surface area contributed by atoms with E-state index in [-0.39, 0.29) is 5.41 Å². The quantitative estimate of drug-likeness (QED) is 0.627. The van der Waals surface area contributed by atoms with Crippen molar-refractivity contribution in [3.8, 4) is 0 Å². The van der Waals surface area contributed by atoms with Gasteiger partial charge in [-0.1, -0.05) is 44.5 Å². The molecule has 0 radical (unpaired) electrons. The molecule has 0 fully saturated rings. The van der Waals surface area contributed by atoms with E-state index < -0.39 is 0 Å². The molecule has 1 aromatic heterocycles. The summed E-state index contributed by atoms with van der Waals surface area (Å²) in [6.45, 7) is 6.56. The molecule has 0 spiro atoms. The molecule has 0 saturated heterocycles. The van der Waals surface area contributed by atoms with Crippen LogP contribution in [0.1, 0.15) is 26.3 Å². The normalized spacial score (nSPS) is 12.1. The molecule has 0 atom stereocenters. The Morgan fingerprint density at radius 2 is 1.88 bits per heavy atom. The summed E-state index contributed by atoms with van der Waals surface area (Å²) in [5.41, 5.74) is 1.39. The van der Waals surface area contributed by atoms with Gasteiger partial charge >= 0.3 is 0 Å². The summed E-state index contributed by atoms with van der Waals surface area (Å²) in [5, 5.41) is 2.67. The minimum absolute atomic E-state index is 0.125.